The van der Waals surface area contributed by atoms with Crippen LogP contribution in [0.25, 0.3) is 10.6 Å². The summed E-state index contributed by atoms with van der Waals surface area (Å²) in [5, 5.41) is 5.83. The maximum Gasteiger partial charge on any atom is 0.223 e. The number of Topliss-reactive ketones (excluding diaryl/α,β-unsaturated/α-hetero) is 1. The highest BCUT2D eigenvalue weighted by Gasteiger charge is 2.32. The summed E-state index contributed by atoms with van der Waals surface area (Å²) in [7, 11) is 0. The third-order valence-corrected chi connectivity index (χ3v) is 6.06. The molecule has 1 fully saturated rings. The van der Waals surface area contributed by atoms with Gasteiger partial charge in [0.15, 0.2) is 11.5 Å². The van der Waals surface area contributed by atoms with Crippen molar-refractivity contribution in [2.75, 3.05) is 19.6 Å². The number of unbranched alkanes of at least 4 members (excludes halogenated alkanes) is 3. The normalized spacial score (nSPS) is 20.3. The van der Waals surface area contributed by atoms with E-state index in [9.17, 15) is 14.0 Å². The number of rotatable bonds is 10. The molecule has 2 aromatic heterocycles. The van der Waals surface area contributed by atoms with Crippen LogP contribution in [0.2, 0.25) is 0 Å². The summed E-state index contributed by atoms with van der Waals surface area (Å²) in [5.74, 6) is -0.546. The lowest BCUT2D eigenvalue weighted by atomic mass is 9.94. The molecule has 3 rings (SSSR count). The minimum Gasteiger partial charge on any atom is -0.369 e. The zero-order valence-electron chi connectivity index (χ0n) is 15.8. The van der Waals surface area contributed by atoms with Crippen LogP contribution in [0.1, 0.15) is 49.0 Å². The summed E-state index contributed by atoms with van der Waals surface area (Å²) in [4.78, 5) is 26.4. The number of nitrogens with zero attached hydrogens (tertiary/aromatic N) is 2. The Balaban J connectivity index is 1.29. The summed E-state index contributed by atoms with van der Waals surface area (Å²) in [6.45, 7) is 1.81. The van der Waals surface area contributed by atoms with Crippen molar-refractivity contribution in [3.8, 4) is 10.6 Å². The maximum absolute atomic E-state index is 13.9. The lowest BCUT2D eigenvalue weighted by Gasteiger charge is -2.33. The lowest BCUT2D eigenvalue weighted by molar-refractivity contribution is -0.125. The Hall–Kier alpha value is -2.06. The van der Waals surface area contributed by atoms with E-state index in [1.165, 1.54) is 0 Å². The van der Waals surface area contributed by atoms with Crippen LogP contribution in [0.4, 0.5) is 4.39 Å². The molecule has 1 amide bonds. The molecular weight excluding hydrogens is 381 g/mol. The van der Waals surface area contributed by atoms with Gasteiger partial charge in [0, 0.05) is 19.0 Å². The number of carbonyl (C=O) groups excluding carboxylic acids is 2. The molecule has 152 valence electrons. The van der Waals surface area contributed by atoms with Gasteiger partial charge in [-0.1, -0.05) is 24.1 Å². The van der Waals surface area contributed by atoms with Gasteiger partial charge in [0.2, 0.25) is 5.91 Å². The number of aromatic nitrogens is 1. The zero-order valence-corrected chi connectivity index (χ0v) is 16.6. The summed E-state index contributed by atoms with van der Waals surface area (Å²) < 4.78 is 19.2. The first kappa shape index (κ1) is 20.7. The van der Waals surface area contributed by atoms with E-state index in [0.29, 0.717) is 30.8 Å². The van der Waals surface area contributed by atoms with Crippen LogP contribution in [0.3, 0.4) is 0 Å². The minimum atomic E-state index is -1.16. The third kappa shape index (κ3) is 5.48. The van der Waals surface area contributed by atoms with Crippen molar-refractivity contribution in [3.05, 3.63) is 29.3 Å². The quantitative estimate of drug-likeness (QED) is 0.479. The molecule has 2 aromatic rings. The van der Waals surface area contributed by atoms with E-state index >= 15 is 0 Å². The molecule has 0 saturated carbocycles. The molecule has 1 saturated heterocycles. The van der Waals surface area contributed by atoms with Gasteiger partial charge in [-0.25, -0.2) is 4.39 Å². The van der Waals surface area contributed by atoms with Gasteiger partial charge >= 0.3 is 0 Å². The fourth-order valence-electron chi connectivity index (χ4n) is 3.54. The fourth-order valence-corrected chi connectivity index (χ4v) is 4.21. The monoisotopic (exact) mass is 407 g/mol. The van der Waals surface area contributed by atoms with Crippen molar-refractivity contribution in [1.29, 1.82) is 0 Å². The van der Waals surface area contributed by atoms with Crippen molar-refractivity contribution in [2.24, 2.45) is 11.7 Å². The highest BCUT2D eigenvalue weighted by Crippen LogP contribution is 2.26. The van der Waals surface area contributed by atoms with Crippen LogP contribution in [-0.4, -0.2) is 47.6 Å². The van der Waals surface area contributed by atoms with Crippen LogP contribution in [-0.2, 0) is 4.79 Å². The molecule has 2 atom stereocenters. The lowest BCUT2D eigenvalue weighted by Crippen LogP contribution is -2.46. The molecule has 1 aliphatic rings. The number of likely N-dealkylation sites (tertiary alicyclic amines) is 1. The molecular formula is C20H26FN3O3S. The highest BCUT2D eigenvalue weighted by molar-refractivity contribution is 7.13. The average molecular weight is 408 g/mol. The molecule has 0 aliphatic carbocycles. The Kier molecular flexibility index (Phi) is 7.33. The van der Waals surface area contributed by atoms with Crippen molar-refractivity contribution < 1.29 is 18.5 Å². The Morgan fingerprint density at radius 2 is 2.14 bits per heavy atom. The van der Waals surface area contributed by atoms with Gasteiger partial charge in [-0.2, -0.15) is 0 Å². The van der Waals surface area contributed by atoms with Gasteiger partial charge in [0.1, 0.15) is 11.9 Å². The SMILES string of the molecule is NC(=O)[C@@H]1CCN(CCCCCCC(=O)c2cc(-c3cccs3)on2)C[C@@H]1F. The van der Waals surface area contributed by atoms with Crippen LogP contribution >= 0.6 is 11.3 Å². The van der Waals surface area contributed by atoms with E-state index in [1.54, 1.807) is 17.4 Å². The maximum atomic E-state index is 13.9. The van der Waals surface area contributed by atoms with E-state index in [1.807, 2.05) is 17.5 Å². The number of alkyl halides is 1. The van der Waals surface area contributed by atoms with Crippen molar-refractivity contribution in [2.45, 2.75) is 44.7 Å². The summed E-state index contributed by atoms with van der Waals surface area (Å²) in [6.07, 6.45) is 3.47. The predicted octanol–water partition coefficient (Wildman–Crippen LogP) is 3.68. The number of amides is 1. The zero-order chi connectivity index (χ0) is 19.9. The number of hydrogen-bond donors (Lipinski definition) is 1. The number of thiophene rings is 1. The number of hydrogen-bond acceptors (Lipinski definition) is 6. The summed E-state index contributed by atoms with van der Waals surface area (Å²) >= 11 is 1.55. The standard InChI is InChI=1S/C20H26FN3O3S/c21-15-13-24(10-8-14(15)20(22)26)9-4-2-1-3-6-17(25)16-12-18(27-23-16)19-7-5-11-28-19/h5,7,11-12,14-15H,1-4,6,8-10,13H2,(H2,22,26)/t14-,15+/m1/s1. The molecule has 6 nitrogen and oxygen atoms in total. The molecule has 0 aromatic carbocycles. The van der Waals surface area contributed by atoms with Crippen LogP contribution < -0.4 is 5.73 Å². The minimum absolute atomic E-state index is 0.000325. The van der Waals surface area contributed by atoms with E-state index < -0.39 is 18.0 Å². The molecule has 1 aliphatic heterocycles. The van der Waals surface area contributed by atoms with Gasteiger partial charge in [-0.15, -0.1) is 11.3 Å². The van der Waals surface area contributed by atoms with Gasteiger partial charge in [-0.3, -0.25) is 9.59 Å². The summed E-state index contributed by atoms with van der Waals surface area (Å²) in [6, 6.07) is 5.57. The van der Waals surface area contributed by atoms with Gasteiger partial charge in [0.25, 0.3) is 0 Å². The third-order valence-electron chi connectivity index (χ3n) is 5.18. The van der Waals surface area contributed by atoms with Crippen molar-refractivity contribution in [3.63, 3.8) is 0 Å². The number of piperidine rings is 1. The van der Waals surface area contributed by atoms with E-state index in [2.05, 4.69) is 10.1 Å². The predicted molar refractivity (Wildman–Crippen MR) is 106 cm³/mol. The first-order valence-corrected chi connectivity index (χ1v) is 10.6. The van der Waals surface area contributed by atoms with E-state index in [0.717, 1.165) is 37.1 Å². The van der Waals surface area contributed by atoms with Crippen LogP contribution in [0, 0.1) is 5.92 Å². The number of ketones is 1. The second-order valence-corrected chi connectivity index (χ2v) is 8.20. The number of nitrogens with two attached hydrogens (primary N) is 1. The number of primary amides is 1. The molecule has 0 radical (unpaired) electrons. The number of halogens is 1. The molecule has 28 heavy (non-hydrogen) atoms. The Morgan fingerprint density at radius 3 is 2.86 bits per heavy atom. The molecule has 2 N–H and O–H groups in total. The molecule has 0 spiro atoms. The van der Waals surface area contributed by atoms with Crippen molar-refractivity contribution >= 4 is 23.0 Å². The second-order valence-electron chi connectivity index (χ2n) is 7.26. The van der Waals surface area contributed by atoms with Gasteiger partial charge in [0.05, 0.1) is 10.8 Å². The van der Waals surface area contributed by atoms with Gasteiger partial charge < -0.3 is 15.2 Å². The molecule has 8 heteroatoms. The second kappa shape index (κ2) is 9.93. The Morgan fingerprint density at radius 1 is 1.32 bits per heavy atom. The smallest absolute Gasteiger partial charge is 0.223 e. The largest absolute Gasteiger partial charge is 0.369 e. The summed E-state index contributed by atoms with van der Waals surface area (Å²) in [5.41, 5.74) is 5.60. The number of carbonyl (C=O) groups is 2. The van der Waals surface area contributed by atoms with Crippen LogP contribution in [0.5, 0.6) is 0 Å². The first-order valence-electron chi connectivity index (χ1n) is 9.74. The van der Waals surface area contributed by atoms with Crippen molar-refractivity contribution in [1.82, 2.24) is 10.1 Å². The first-order chi connectivity index (χ1) is 13.5. The molecule has 0 unspecified atom stereocenters. The highest BCUT2D eigenvalue weighted by atomic mass is 32.1. The van der Waals surface area contributed by atoms with Gasteiger partial charge in [-0.05, 0) is 43.8 Å². The van der Waals surface area contributed by atoms with Crippen LogP contribution in [0.15, 0.2) is 28.1 Å². The molecule has 0 bridgehead atoms. The fraction of sp³-hybridized carbons (Fsp3) is 0.550. The van der Waals surface area contributed by atoms with E-state index in [-0.39, 0.29) is 12.3 Å². The van der Waals surface area contributed by atoms with E-state index in [4.69, 9.17) is 10.3 Å². The Bertz CT molecular complexity index is 778. The average Bonchev–Trinajstić information content (AvgIpc) is 3.35. The topological polar surface area (TPSA) is 89.4 Å². The Labute approximate surface area is 167 Å². The molecule has 3 heterocycles.